The highest BCUT2D eigenvalue weighted by Crippen LogP contribution is 2.23. The van der Waals surface area contributed by atoms with E-state index in [9.17, 15) is 0 Å². The van der Waals surface area contributed by atoms with Crippen molar-refractivity contribution in [2.24, 2.45) is 0 Å². The zero-order valence-corrected chi connectivity index (χ0v) is 14.2. The molecule has 0 fully saturated rings. The van der Waals surface area contributed by atoms with E-state index >= 15 is 0 Å². The smallest absolute Gasteiger partial charge is 0.221 e. The van der Waals surface area contributed by atoms with Gasteiger partial charge in [-0.25, -0.2) is 4.98 Å². The number of oxazole rings is 1. The lowest BCUT2D eigenvalue weighted by Crippen LogP contribution is -1.98. The van der Waals surface area contributed by atoms with Crippen molar-refractivity contribution >= 4 is 17.5 Å². The van der Waals surface area contributed by atoms with Crippen molar-refractivity contribution in [1.29, 1.82) is 0 Å². The van der Waals surface area contributed by atoms with Gasteiger partial charge in [0.15, 0.2) is 0 Å². The zero-order chi connectivity index (χ0) is 17.6. The maximum absolute atomic E-state index is 5.68. The molecule has 0 radical (unpaired) electrons. The Morgan fingerprint density at radius 2 is 1.38 bits per heavy atom. The van der Waals surface area contributed by atoms with E-state index in [2.05, 4.69) is 22.4 Å². The summed E-state index contributed by atoms with van der Waals surface area (Å²) < 4.78 is 5.68. The third-order valence-corrected chi connectivity index (χ3v) is 4.00. The highest BCUT2D eigenvalue weighted by atomic mass is 16.3. The fourth-order valence-electron chi connectivity index (χ4n) is 2.71. The Hall–Kier alpha value is -3.59. The van der Waals surface area contributed by atoms with Gasteiger partial charge in [-0.1, -0.05) is 78.9 Å². The van der Waals surface area contributed by atoms with Gasteiger partial charge in [-0.05, 0) is 17.7 Å². The first kappa shape index (κ1) is 15.9. The van der Waals surface area contributed by atoms with Crippen molar-refractivity contribution in [2.45, 2.75) is 0 Å². The average Bonchev–Trinajstić information content (AvgIpc) is 3.18. The summed E-state index contributed by atoms with van der Waals surface area (Å²) in [4.78, 5) is 4.60. The number of para-hydroxylation sites is 1. The van der Waals surface area contributed by atoms with E-state index in [4.69, 9.17) is 4.42 Å². The summed E-state index contributed by atoms with van der Waals surface area (Å²) in [6.45, 7) is 0. The van der Waals surface area contributed by atoms with Crippen molar-refractivity contribution in [3.63, 3.8) is 0 Å². The Morgan fingerprint density at radius 3 is 2.08 bits per heavy atom. The van der Waals surface area contributed by atoms with Crippen molar-refractivity contribution in [2.75, 3.05) is 5.32 Å². The van der Waals surface area contributed by atoms with E-state index in [1.54, 1.807) is 6.26 Å². The minimum atomic E-state index is 0.561. The summed E-state index contributed by atoms with van der Waals surface area (Å²) in [6, 6.07) is 30.2. The number of hydrogen-bond donors (Lipinski definition) is 1. The molecule has 3 heteroatoms. The van der Waals surface area contributed by atoms with Gasteiger partial charge in [0, 0.05) is 17.3 Å². The number of rotatable bonds is 5. The van der Waals surface area contributed by atoms with Gasteiger partial charge >= 0.3 is 0 Å². The Balaban J connectivity index is 1.69. The number of hydrogen-bond acceptors (Lipinski definition) is 3. The van der Waals surface area contributed by atoms with E-state index in [0.717, 1.165) is 28.2 Å². The Kier molecular flexibility index (Phi) is 4.61. The quantitative estimate of drug-likeness (QED) is 0.488. The molecule has 3 aromatic carbocycles. The Labute approximate surface area is 152 Å². The van der Waals surface area contributed by atoms with Crippen LogP contribution >= 0.6 is 0 Å². The molecule has 3 nitrogen and oxygen atoms in total. The molecule has 0 aliphatic rings. The second kappa shape index (κ2) is 7.53. The number of benzene rings is 3. The third-order valence-electron chi connectivity index (χ3n) is 4.00. The molecule has 0 saturated heterocycles. The molecule has 0 bridgehead atoms. The molecule has 0 saturated carbocycles. The maximum Gasteiger partial charge on any atom is 0.221 e. The lowest BCUT2D eigenvalue weighted by molar-refractivity contribution is 0.547. The summed E-state index contributed by atoms with van der Waals surface area (Å²) in [5.41, 5.74) is 4.86. The molecule has 0 amide bonds. The predicted octanol–water partition coefficient (Wildman–Crippen LogP) is 5.95. The van der Waals surface area contributed by atoms with Gasteiger partial charge in [-0.3, -0.25) is 0 Å². The van der Waals surface area contributed by atoms with Gasteiger partial charge in [0.1, 0.15) is 12.0 Å². The fraction of sp³-hybridized carbons (Fsp3) is 0. The van der Waals surface area contributed by atoms with E-state index in [1.807, 2.05) is 84.9 Å². The van der Waals surface area contributed by atoms with Crippen LogP contribution in [0.5, 0.6) is 0 Å². The van der Waals surface area contributed by atoms with Crippen LogP contribution in [0.3, 0.4) is 0 Å². The molecule has 126 valence electrons. The fourth-order valence-corrected chi connectivity index (χ4v) is 2.71. The molecule has 1 heterocycles. The molecule has 26 heavy (non-hydrogen) atoms. The van der Waals surface area contributed by atoms with Crippen LogP contribution in [-0.4, -0.2) is 4.98 Å². The maximum atomic E-state index is 5.68. The van der Waals surface area contributed by atoms with Crippen molar-refractivity contribution < 1.29 is 4.42 Å². The lowest BCUT2D eigenvalue weighted by Gasteiger charge is -2.10. The summed E-state index contributed by atoms with van der Waals surface area (Å²) in [7, 11) is 0. The second-order valence-corrected chi connectivity index (χ2v) is 5.85. The van der Waals surface area contributed by atoms with Gasteiger partial charge < -0.3 is 9.73 Å². The molecule has 4 aromatic rings. The number of aromatic nitrogens is 1. The monoisotopic (exact) mass is 338 g/mol. The SMILES string of the molecule is C(=C(Nc1ccccc1)c1ccccc1)c1nc(-c2ccccc2)co1. The van der Waals surface area contributed by atoms with E-state index in [-0.39, 0.29) is 0 Å². The van der Waals surface area contributed by atoms with Gasteiger partial charge in [0.05, 0.1) is 5.70 Å². The molecule has 4 rings (SSSR count). The zero-order valence-electron chi connectivity index (χ0n) is 14.2. The summed E-state index contributed by atoms with van der Waals surface area (Å²) in [5, 5.41) is 3.45. The first-order chi connectivity index (χ1) is 12.9. The normalized spacial score (nSPS) is 11.3. The van der Waals surface area contributed by atoms with Gasteiger partial charge in [-0.15, -0.1) is 0 Å². The standard InChI is InChI=1S/C23H18N2O/c1-4-10-18(11-5-1)21(24-20-14-8-3-9-15-20)16-23-25-22(17-26-23)19-12-6-2-7-13-19/h1-17,24H. The lowest BCUT2D eigenvalue weighted by atomic mass is 10.1. The molecular weight excluding hydrogens is 320 g/mol. The average molecular weight is 338 g/mol. The molecular formula is C23H18N2O. The first-order valence-electron chi connectivity index (χ1n) is 8.49. The van der Waals surface area contributed by atoms with Crippen molar-refractivity contribution in [3.8, 4) is 11.3 Å². The highest BCUT2D eigenvalue weighted by Gasteiger charge is 2.07. The molecule has 1 aromatic heterocycles. The third kappa shape index (κ3) is 3.73. The van der Waals surface area contributed by atoms with Crippen LogP contribution in [-0.2, 0) is 0 Å². The molecule has 0 atom stereocenters. The minimum Gasteiger partial charge on any atom is -0.444 e. The van der Waals surface area contributed by atoms with E-state index in [0.29, 0.717) is 5.89 Å². The Morgan fingerprint density at radius 1 is 0.769 bits per heavy atom. The number of anilines is 1. The Bertz CT molecular complexity index is 990. The first-order valence-corrected chi connectivity index (χ1v) is 8.49. The molecule has 0 aliphatic carbocycles. The second-order valence-electron chi connectivity index (χ2n) is 5.85. The molecule has 0 unspecified atom stereocenters. The van der Waals surface area contributed by atoms with Crippen molar-refractivity contribution in [3.05, 3.63) is 109 Å². The van der Waals surface area contributed by atoms with Crippen LogP contribution in [0, 0.1) is 0 Å². The number of nitrogens with one attached hydrogen (secondary N) is 1. The molecule has 0 spiro atoms. The van der Waals surface area contributed by atoms with Crippen LogP contribution in [0.4, 0.5) is 5.69 Å². The minimum absolute atomic E-state index is 0.561. The van der Waals surface area contributed by atoms with Gasteiger partial charge in [-0.2, -0.15) is 0 Å². The highest BCUT2D eigenvalue weighted by molar-refractivity contribution is 5.87. The summed E-state index contributed by atoms with van der Waals surface area (Å²) in [5.74, 6) is 0.561. The van der Waals surface area contributed by atoms with Crippen LogP contribution in [0.1, 0.15) is 11.5 Å². The van der Waals surface area contributed by atoms with Crippen LogP contribution in [0.25, 0.3) is 23.0 Å². The molecule has 1 N–H and O–H groups in total. The van der Waals surface area contributed by atoms with Crippen LogP contribution in [0.15, 0.2) is 102 Å². The molecule has 0 aliphatic heterocycles. The topological polar surface area (TPSA) is 38.1 Å². The van der Waals surface area contributed by atoms with E-state index in [1.165, 1.54) is 0 Å². The summed E-state index contributed by atoms with van der Waals surface area (Å²) >= 11 is 0. The predicted molar refractivity (Wildman–Crippen MR) is 106 cm³/mol. The summed E-state index contributed by atoms with van der Waals surface area (Å²) in [6.07, 6.45) is 3.61. The van der Waals surface area contributed by atoms with Crippen LogP contribution in [0.2, 0.25) is 0 Å². The largest absolute Gasteiger partial charge is 0.444 e. The number of nitrogens with zero attached hydrogens (tertiary/aromatic N) is 1. The van der Waals surface area contributed by atoms with Crippen molar-refractivity contribution in [1.82, 2.24) is 4.98 Å². The van der Waals surface area contributed by atoms with E-state index < -0.39 is 0 Å². The van der Waals surface area contributed by atoms with Crippen LogP contribution < -0.4 is 5.32 Å². The van der Waals surface area contributed by atoms with Gasteiger partial charge in [0.2, 0.25) is 5.89 Å². The van der Waals surface area contributed by atoms with Gasteiger partial charge in [0.25, 0.3) is 0 Å².